The van der Waals surface area contributed by atoms with Gasteiger partial charge in [-0.2, -0.15) is 5.26 Å². The lowest BCUT2D eigenvalue weighted by molar-refractivity contribution is -0.149. The van der Waals surface area contributed by atoms with Crippen molar-refractivity contribution >= 4 is 11.8 Å². The third-order valence-corrected chi connectivity index (χ3v) is 9.15. The molecule has 0 aliphatic heterocycles. The zero-order valence-electron chi connectivity index (χ0n) is 22.4. The molecule has 2 fully saturated rings. The predicted molar refractivity (Wildman–Crippen MR) is 143 cm³/mol. The molecule has 2 aliphatic rings. The fourth-order valence-corrected chi connectivity index (χ4v) is 6.91. The van der Waals surface area contributed by atoms with Crippen LogP contribution in [0.2, 0.25) is 0 Å². The van der Waals surface area contributed by atoms with E-state index in [2.05, 4.69) is 25.2 Å². The number of hydrogen-bond donors (Lipinski definition) is 2. The maximum Gasteiger partial charge on any atom is 0.251 e. The summed E-state index contributed by atoms with van der Waals surface area (Å²) < 4.78 is 0. The number of carbonyl (C=O) groups excluding carboxylic acids is 2. The minimum Gasteiger partial charge on any atom is -0.392 e. The topological polar surface area (TPSA) is 93.4 Å². The number of rotatable bonds is 6. The van der Waals surface area contributed by atoms with Crippen molar-refractivity contribution in [3.05, 3.63) is 71.3 Å². The van der Waals surface area contributed by atoms with Crippen LogP contribution >= 0.6 is 0 Å². The molecule has 37 heavy (non-hydrogen) atoms. The maximum atomic E-state index is 13.4. The van der Waals surface area contributed by atoms with Crippen LogP contribution in [0.3, 0.4) is 0 Å². The van der Waals surface area contributed by atoms with Crippen LogP contribution < -0.4 is 5.32 Å². The molecule has 2 saturated carbocycles. The van der Waals surface area contributed by atoms with Gasteiger partial charge in [-0.3, -0.25) is 9.59 Å². The summed E-state index contributed by atoms with van der Waals surface area (Å²) in [5.41, 5.74) is 2.13. The van der Waals surface area contributed by atoms with E-state index in [1.54, 1.807) is 29.2 Å². The van der Waals surface area contributed by atoms with Crippen molar-refractivity contribution in [2.24, 2.45) is 29.1 Å². The van der Waals surface area contributed by atoms with Crippen LogP contribution in [0, 0.1) is 40.4 Å². The van der Waals surface area contributed by atoms with Crippen LogP contribution in [0.25, 0.3) is 0 Å². The zero-order chi connectivity index (χ0) is 26.7. The van der Waals surface area contributed by atoms with E-state index >= 15 is 0 Å². The van der Waals surface area contributed by atoms with Crippen LogP contribution in [0.4, 0.5) is 0 Å². The molecule has 4 rings (SSSR count). The normalized spacial score (nSPS) is 29.9. The Morgan fingerprint density at radius 1 is 1.14 bits per heavy atom. The average Bonchev–Trinajstić information content (AvgIpc) is 2.90. The van der Waals surface area contributed by atoms with Gasteiger partial charge in [0, 0.05) is 31.1 Å². The van der Waals surface area contributed by atoms with Crippen LogP contribution in [0.1, 0.15) is 67.9 Å². The Morgan fingerprint density at radius 2 is 1.78 bits per heavy atom. The van der Waals surface area contributed by atoms with Gasteiger partial charge < -0.3 is 15.3 Å². The molecule has 2 N–H and O–H groups in total. The number of carbonyl (C=O) groups is 2. The average molecular weight is 502 g/mol. The Hall–Kier alpha value is -3.17. The Kier molecular flexibility index (Phi) is 8.04. The van der Waals surface area contributed by atoms with Gasteiger partial charge >= 0.3 is 0 Å². The lowest BCUT2D eigenvalue weighted by Gasteiger charge is -2.56. The smallest absolute Gasteiger partial charge is 0.251 e. The second kappa shape index (κ2) is 11.1. The number of nitriles is 1. The zero-order valence-corrected chi connectivity index (χ0v) is 22.4. The summed E-state index contributed by atoms with van der Waals surface area (Å²) in [6.45, 7) is 6.90. The Labute approximate surface area is 220 Å². The molecule has 2 amide bonds. The minimum absolute atomic E-state index is 0.000874. The van der Waals surface area contributed by atoms with Gasteiger partial charge in [0.25, 0.3) is 5.91 Å². The van der Waals surface area contributed by atoms with Gasteiger partial charge in [0.1, 0.15) is 0 Å². The number of aliphatic hydroxyl groups excluding tert-OH is 1. The fourth-order valence-electron chi connectivity index (χ4n) is 6.91. The van der Waals surface area contributed by atoms with Gasteiger partial charge in [0.15, 0.2) is 0 Å². The number of benzene rings is 2. The first-order valence-electron chi connectivity index (χ1n) is 13.4. The summed E-state index contributed by atoms with van der Waals surface area (Å²) in [5.74, 6) is -0.416. The van der Waals surface area contributed by atoms with E-state index in [4.69, 9.17) is 5.26 Å². The van der Waals surface area contributed by atoms with Crippen LogP contribution in [-0.2, 0) is 11.3 Å². The molecule has 0 saturated heterocycles. The standard InChI is InChI=1S/C31H39N3O3/c1-20(30(37)34(4)19-23-8-6-5-7-9-23)25-14-16-31(3)17-15-26(21(2)27(31)28(25)35)33-29(36)24-12-10-22(18-32)11-13-24/h5-13,20-21,25-28,35H,14-17,19H2,1-4H3,(H,33,36)/t20-,21+,25-,26-,27+,28-,31-/m0/s1. The molecule has 0 heterocycles. The third-order valence-electron chi connectivity index (χ3n) is 9.15. The van der Waals surface area contributed by atoms with Gasteiger partial charge in [-0.15, -0.1) is 0 Å². The SMILES string of the molecule is C[C@H]1[C@@H]2[C@@H](O)[C@H]([C@H](C)C(=O)N(C)Cc3ccccc3)CC[C@@]2(C)CC[C@@H]1NC(=O)c1ccc(C#N)cc1. The molecule has 0 spiro atoms. The van der Waals surface area contributed by atoms with Crippen molar-refractivity contribution in [1.82, 2.24) is 10.2 Å². The van der Waals surface area contributed by atoms with E-state index in [9.17, 15) is 14.7 Å². The van der Waals surface area contributed by atoms with E-state index < -0.39 is 6.10 Å². The highest BCUT2D eigenvalue weighted by atomic mass is 16.3. The Balaban J connectivity index is 1.44. The van der Waals surface area contributed by atoms with Crippen molar-refractivity contribution < 1.29 is 14.7 Å². The van der Waals surface area contributed by atoms with Crippen molar-refractivity contribution in [2.45, 2.75) is 65.1 Å². The van der Waals surface area contributed by atoms with E-state index in [0.717, 1.165) is 31.2 Å². The largest absolute Gasteiger partial charge is 0.392 e. The Bertz CT molecular complexity index is 1140. The van der Waals surface area contributed by atoms with Gasteiger partial charge in [-0.1, -0.05) is 51.1 Å². The summed E-state index contributed by atoms with van der Waals surface area (Å²) in [5, 5.41) is 23.9. The number of hydrogen-bond acceptors (Lipinski definition) is 4. The first-order valence-corrected chi connectivity index (χ1v) is 13.4. The van der Waals surface area contributed by atoms with Crippen molar-refractivity contribution in [1.29, 1.82) is 5.26 Å². The maximum absolute atomic E-state index is 13.4. The molecule has 2 aromatic carbocycles. The van der Waals surface area contributed by atoms with Gasteiger partial charge in [0.05, 0.1) is 17.7 Å². The molecule has 0 aromatic heterocycles. The molecule has 2 aliphatic carbocycles. The Morgan fingerprint density at radius 3 is 2.43 bits per heavy atom. The number of aliphatic hydroxyl groups is 1. The van der Waals surface area contributed by atoms with E-state index in [0.29, 0.717) is 17.7 Å². The first-order chi connectivity index (χ1) is 17.6. The highest BCUT2D eigenvalue weighted by molar-refractivity contribution is 5.94. The summed E-state index contributed by atoms with van der Waals surface area (Å²) >= 11 is 0. The van der Waals surface area contributed by atoms with Gasteiger partial charge in [-0.05, 0) is 78.7 Å². The van der Waals surface area contributed by atoms with Gasteiger partial charge in [0.2, 0.25) is 5.91 Å². The van der Waals surface area contributed by atoms with Gasteiger partial charge in [-0.25, -0.2) is 0 Å². The summed E-state index contributed by atoms with van der Waals surface area (Å²) in [6.07, 6.45) is 2.99. The summed E-state index contributed by atoms with van der Waals surface area (Å²) in [6, 6.07) is 18.6. The fraction of sp³-hybridized carbons (Fsp3) is 0.516. The highest BCUT2D eigenvalue weighted by Gasteiger charge is 2.54. The number of nitrogens with one attached hydrogen (secondary N) is 1. The molecule has 0 unspecified atom stereocenters. The number of amides is 2. The lowest BCUT2D eigenvalue weighted by atomic mass is 9.51. The van der Waals surface area contributed by atoms with Crippen LogP contribution in [0.5, 0.6) is 0 Å². The van der Waals surface area contributed by atoms with Crippen LogP contribution in [0.15, 0.2) is 54.6 Å². The van der Waals surface area contributed by atoms with Crippen LogP contribution in [-0.4, -0.2) is 41.0 Å². The van der Waals surface area contributed by atoms with Crippen molar-refractivity contribution in [2.75, 3.05) is 7.05 Å². The summed E-state index contributed by atoms with van der Waals surface area (Å²) in [7, 11) is 1.84. The highest BCUT2D eigenvalue weighted by Crippen LogP contribution is 2.55. The molecular formula is C31H39N3O3. The molecule has 7 atom stereocenters. The third kappa shape index (κ3) is 5.57. The lowest BCUT2D eigenvalue weighted by Crippen LogP contribution is -2.58. The van der Waals surface area contributed by atoms with E-state index in [1.807, 2.05) is 44.3 Å². The molecule has 2 aromatic rings. The molecule has 196 valence electrons. The number of nitrogens with zero attached hydrogens (tertiary/aromatic N) is 2. The minimum atomic E-state index is -0.604. The van der Waals surface area contributed by atoms with Crippen molar-refractivity contribution in [3.63, 3.8) is 0 Å². The summed E-state index contributed by atoms with van der Waals surface area (Å²) in [4.78, 5) is 28.1. The quantitative estimate of drug-likeness (QED) is 0.596. The number of fused-ring (bicyclic) bond motifs is 1. The predicted octanol–water partition coefficient (Wildman–Crippen LogP) is 4.77. The monoisotopic (exact) mass is 501 g/mol. The molecule has 6 heteroatoms. The van der Waals surface area contributed by atoms with Crippen molar-refractivity contribution in [3.8, 4) is 6.07 Å². The first kappa shape index (κ1) is 26.9. The second-order valence-electron chi connectivity index (χ2n) is 11.5. The molecule has 0 bridgehead atoms. The second-order valence-corrected chi connectivity index (χ2v) is 11.5. The van der Waals surface area contributed by atoms with E-state index in [1.165, 1.54) is 0 Å². The molecule has 6 nitrogen and oxygen atoms in total. The van der Waals surface area contributed by atoms with E-state index in [-0.39, 0.29) is 46.9 Å². The molecule has 0 radical (unpaired) electrons. The molecular weight excluding hydrogens is 462 g/mol.